The highest BCUT2D eigenvalue weighted by atomic mass is 16.5. The van der Waals surface area contributed by atoms with Gasteiger partial charge in [-0.15, -0.1) is 0 Å². The van der Waals surface area contributed by atoms with Crippen molar-refractivity contribution in [3.63, 3.8) is 0 Å². The first-order chi connectivity index (χ1) is 9.19. The molecule has 2 N–H and O–H groups in total. The number of carbonyl (C=O) groups is 1. The lowest BCUT2D eigenvalue weighted by molar-refractivity contribution is -0.125. The van der Waals surface area contributed by atoms with Crippen molar-refractivity contribution in [3.8, 4) is 0 Å². The van der Waals surface area contributed by atoms with Gasteiger partial charge in [0, 0.05) is 19.6 Å². The van der Waals surface area contributed by atoms with Crippen molar-refractivity contribution < 1.29 is 14.6 Å². The molecule has 2 atom stereocenters. The van der Waals surface area contributed by atoms with Crippen molar-refractivity contribution in [3.05, 3.63) is 35.9 Å². The Morgan fingerprint density at radius 3 is 2.63 bits per heavy atom. The fraction of sp³-hybridized carbons (Fsp3) is 0.533. The minimum atomic E-state index is -0.335. The van der Waals surface area contributed by atoms with Gasteiger partial charge >= 0.3 is 0 Å². The number of amides is 1. The van der Waals surface area contributed by atoms with Gasteiger partial charge in [0.05, 0.1) is 12.6 Å². The lowest BCUT2D eigenvalue weighted by atomic mass is 10.0. The van der Waals surface area contributed by atoms with E-state index in [0.29, 0.717) is 6.61 Å². The molecule has 0 saturated carbocycles. The van der Waals surface area contributed by atoms with Crippen LogP contribution in [0.4, 0.5) is 0 Å². The predicted molar refractivity (Wildman–Crippen MR) is 74.7 cm³/mol. The van der Waals surface area contributed by atoms with Crippen LogP contribution in [0.2, 0.25) is 0 Å². The van der Waals surface area contributed by atoms with Crippen molar-refractivity contribution in [2.75, 3.05) is 20.3 Å². The van der Waals surface area contributed by atoms with E-state index in [2.05, 4.69) is 5.32 Å². The van der Waals surface area contributed by atoms with Gasteiger partial charge in [-0.1, -0.05) is 37.3 Å². The molecule has 19 heavy (non-hydrogen) atoms. The zero-order valence-electron chi connectivity index (χ0n) is 11.6. The number of aliphatic hydroxyl groups is 1. The third-order valence-electron chi connectivity index (χ3n) is 3.13. The molecule has 1 aromatic rings. The second-order valence-electron chi connectivity index (χ2n) is 4.69. The van der Waals surface area contributed by atoms with Crippen LogP contribution < -0.4 is 5.32 Å². The van der Waals surface area contributed by atoms with Crippen molar-refractivity contribution in [1.29, 1.82) is 0 Å². The van der Waals surface area contributed by atoms with E-state index in [1.807, 2.05) is 37.3 Å². The summed E-state index contributed by atoms with van der Waals surface area (Å²) in [5, 5.41) is 12.3. The Kier molecular flexibility index (Phi) is 7.15. The average molecular weight is 265 g/mol. The quantitative estimate of drug-likeness (QED) is 0.706. The zero-order valence-corrected chi connectivity index (χ0v) is 11.6. The summed E-state index contributed by atoms with van der Waals surface area (Å²) in [5.74, 6) is -0.105. The van der Waals surface area contributed by atoms with Crippen LogP contribution in [0.5, 0.6) is 0 Å². The van der Waals surface area contributed by atoms with Gasteiger partial charge in [-0.2, -0.15) is 0 Å². The topological polar surface area (TPSA) is 58.6 Å². The summed E-state index contributed by atoms with van der Waals surface area (Å²) in [5.41, 5.74) is 0.919. The second-order valence-corrected chi connectivity index (χ2v) is 4.69. The Balaban J connectivity index is 2.49. The Labute approximate surface area is 114 Å². The lowest BCUT2D eigenvalue weighted by Crippen LogP contribution is -2.34. The largest absolute Gasteiger partial charge is 0.394 e. The fourth-order valence-corrected chi connectivity index (χ4v) is 1.90. The van der Waals surface area contributed by atoms with Gasteiger partial charge in [-0.3, -0.25) is 4.79 Å². The molecule has 1 rings (SSSR count). The standard InChI is InChI=1S/C15H23NO3/c1-12(7-6-10-19-2)15(18)16-14(11-17)13-8-4-3-5-9-13/h3-5,8-9,12,14,17H,6-7,10-11H2,1-2H3,(H,16,18)/t12?,14-/m1/s1. The van der Waals surface area contributed by atoms with E-state index in [9.17, 15) is 9.90 Å². The van der Waals surface area contributed by atoms with Gasteiger partial charge in [0.25, 0.3) is 0 Å². The minimum Gasteiger partial charge on any atom is -0.394 e. The van der Waals surface area contributed by atoms with Crippen LogP contribution in [0.15, 0.2) is 30.3 Å². The monoisotopic (exact) mass is 265 g/mol. The first-order valence-corrected chi connectivity index (χ1v) is 6.64. The Morgan fingerprint density at radius 1 is 1.37 bits per heavy atom. The zero-order chi connectivity index (χ0) is 14.1. The lowest BCUT2D eigenvalue weighted by Gasteiger charge is -2.19. The van der Waals surface area contributed by atoms with E-state index in [1.165, 1.54) is 0 Å². The molecule has 106 valence electrons. The van der Waals surface area contributed by atoms with Gasteiger partial charge in [0.1, 0.15) is 0 Å². The van der Waals surface area contributed by atoms with Crippen molar-refractivity contribution >= 4 is 5.91 Å². The van der Waals surface area contributed by atoms with Crippen LogP contribution >= 0.6 is 0 Å². The number of nitrogens with one attached hydrogen (secondary N) is 1. The molecule has 0 aromatic heterocycles. The maximum atomic E-state index is 12.0. The molecule has 1 amide bonds. The highest BCUT2D eigenvalue weighted by Gasteiger charge is 2.17. The highest BCUT2D eigenvalue weighted by Crippen LogP contribution is 2.14. The van der Waals surface area contributed by atoms with E-state index >= 15 is 0 Å². The SMILES string of the molecule is COCCCC(C)C(=O)N[C@H](CO)c1ccccc1. The number of rotatable bonds is 8. The van der Waals surface area contributed by atoms with E-state index < -0.39 is 0 Å². The summed E-state index contributed by atoms with van der Waals surface area (Å²) in [6.45, 7) is 2.46. The summed E-state index contributed by atoms with van der Waals surface area (Å²) in [6.07, 6.45) is 1.65. The molecule has 0 aliphatic carbocycles. The van der Waals surface area contributed by atoms with Crippen molar-refractivity contribution in [1.82, 2.24) is 5.32 Å². The number of carbonyl (C=O) groups excluding carboxylic acids is 1. The van der Waals surface area contributed by atoms with Gasteiger partial charge in [-0.05, 0) is 18.4 Å². The van der Waals surface area contributed by atoms with E-state index in [0.717, 1.165) is 18.4 Å². The first kappa shape index (κ1) is 15.7. The van der Waals surface area contributed by atoms with Crippen LogP contribution in [0.3, 0.4) is 0 Å². The molecule has 1 unspecified atom stereocenters. The van der Waals surface area contributed by atoms with Crippen LogP contribution in [-0.2, 0) is 9.53 Å². The maximum absolute atomic E-state index is 12.0. The maximum Gasteiger partial charge on any atom is 0.223 e. The number of benzene rings is 1. The fourth-order valence-electron chi connectivity index (χ4n) is 1.90. The van der Waals surface area contributed by atoms with Crippen LogP contribution in [0.1, 0.15) is 31.4 Å². The molecule has 0 aliphatic rings. The molecule has 0 bridgehead atoms. The predicted octanol–water partition coefficient (Wildman–Crippen LogP) is 1.90. The molecule has 0 heterocycles. The first-order valence-electron chi connectivity index (χ1n) is 6.64. The van der Waals surface area contributed by atoms with Crippen LogP contribution in [0.25, 0.3) is 0 Å². The summed E-state index contributed by atoms with van der Waals surface area (Å²) in [6, 6.07) is 9.16. The summed E-state index contributed by atoms with van der Waals surface area (Å²) < 4.78 is 4.97. The van der Waals surface area contributed by atoms with Crippen molar-refractivity contribution in [2.24, 2.45) is 5.92 Å². The third-order valence-corrected chi connectivity index (χ3v) is 3.13. The number of methoxy groups -OCH3 is 1. The molecule has 4 heteroatoms. The number of hydrogen-bond acceptors (Lipinski definition) is 3. The summed E-state index contributed by atoms with van der Waals surface area (Å²) in [4.78, 5) is 12.0. The molecule has 0 radical (unpaired) electrons. The van der Waals surface area contributed by atoms with Crippen LogP contribution in [0, 0.1) is 5.92 Å². The molecule has 1 aromatic carbocycles. The molecule has 0 saturated heterocycles. The van der Waals surface area contributed by atoms with Gasteiger partial charge < -0.3 is 15.2 Å². The molecule has 0 aliphatic heterocycles. The smallest absolute Gasteiger partial charge is 0.223 e. The summed E-state index contributed by atoms with van der Waals surface area (Å²) >= 11 is 0. The average Bonchev–Trinajstić information content (AvgIpc) is 2.45. The minimum absolute atomic E-state index is 0.0287. The Bertz CT molecular complexity index is 367. The number of ether oxygens (including phenoxy) is 1. The third kappa shape index (κ3) is 5.41. The van der Waals surface area contributed by atoms with Crippen LogP contribution in [-0.4, -0.2) is 31.3 Å². The normalized spacial score (nSPS) is 13.8. The van der Waals surface area contributed by atoms with Crippen molar-refractivity contribution in [2.45, 2.75) is 25.8 Å². The Morgan fingerprint density at radius 2 is 2.05 bits per heavy atom. The molecule has 4 nitrogen and oxygen atoms in total. The number of aliphatic hydroxyl groups excluding tert-OH is 1. The Hall–Kier alpha value is -1.39. The molecule has 0 fully saturated rings. The summed E-state index contributed by atoms with van der Waals surface area (Å²) in [7, 11) is 1.65. The van der Waals surface area contributed by atoms with E-state index in [1.54, 1.807) is 7.11 Å². The number of hydrogen-bond donors (Lipinski definition) is 2. The molecular weight excluding hydrogens is 242 g/mol. The van der Waals surface area contributed by atoms with E-state index in [4.69, 9.17) is 4.74 Å². The van der Waals surface area contributed by atoms with Gasteiger partial charge in [0.2, 0.25) is 5.91 Å². The highest BCUT2D eigenvalue weighted by molar-refractivity contribution is 5.78. The van der Waals surface area contributed by atoms with Gasteiger partial charge in [-0.25, -0.2) is 0 Å². The van der Waals surface area contributed by atoms with E-state index in [-0.39, 0.29) is 24.5 Å². The molecular formula is C15H23NO3. The second kappa shape index (κ2) is 8.67. The molecule has 0 spiro atoms. The van der Waals surface area contributed by atoms with Gasteiger partial charge in [0.15, 0.2) is 0 Å².